The molecule has 0 aliphatic heterocycles. The van der Waals surface area contributed by atoms with Crippen LogP contribution in [0.2, 0.25) is 0 Å². The summed E-state index contributed by atoms with van der Waals surface area (Å²) in [7, 11) is 0. The number of aromatic nitrogens is 2. The van der Waals surface area contributed by atoms with E-state index in [4.69, 9.17) is 5.26 Å². The molecule has 0 bridgehead atoms. The van der Waals surface area contributed by atoms with Gasteiger partial charge in [-0.1, -0.05) is 5.92 Å². The van der Waals surface area contributed by atoms with Crippen molar-refractivity contribution in [1.82, 2.24) is 9.97 Å². The molecule has 2 rings (SSSR count). The van der Waals surface area contributed by atoms with Gasteiger partial charge in [-0.05, 0) is 18.2 Å². The lowest BCUT2D eigenvalue weighted by molar-refractivity contribution is 1.17. The van der Waals surface area contributed by atoms with Crippen molar-refractivity contribution in [2.24, 2.45) is 0 Å². The number of nitriles is 1. The molecule has 1 heterocycles. The Labute approximate surface area is 85.2 Å². The Balaban J connectivity index is 2.68. The molecule has 0 unspecified atom stereocenters. The summed E-state index contributed by atoms with van der Waals surface area (Å²) in [6, 6.07) is 6.73. The Kier molecular flexibility index (Phi) is 2.19. The molecule has 0 saturated carbocycles. The van der Waals surface area contributed by atoms with Crippen molar-refractivity contribution in [2.75, 3.05) is 0 Å². The highest BCUT2D eigenvalue weighted by Gasteiger charge is 1.98. The number of aromatic amines is 1. The molecular weight excluding hydrogens is 190 g/mol. The normalized spacial score (nSPS) is 9.00. The third-order valence-electron chi connectivity index (χ3n) is 1.90. The lowest BCUT2D eigenvalue weighted by Gasteiger charge is -1.95. The third kappa shape index (κ3) is 1.70. The van der Waals surface area contributed by atoms with Crippen LogP contribution in [0.15, 0.2) is 29.3 Å². The maximum absolute atomic E-state index is 11.3. The van der Waals surface area contributed by atoms with Crippen LogP contribution in [0.3, 0.4) is 0 Å². The maximum atomic E-state index is 11.3. The zero-order valence-corrected chi connectivity index (χ0v) is 7.61. The molecular formula is C11H5N3O. The first-order valence-electron chi connectivity index (χ1n) is 4.19. The topological polar surface area (TPSA) is 69.5 Å². The number of nitrogens with one attached hydrogen (secondary N) is 1. The molecule has 0 amide bonds. The molecule has 0 radical (unpaired) electrons. The monoisotopic (exact) mass is 195 g/mol. The first-order chi connectivity index (χ1) is 7.31. The van der Waals surface area contributed by atoms with Gasteiger partial charge in [0.15, 0.2) is 6.07 Å². The van der Waals surface area contributed by atoms with Gasteiger partial charge >= 0.3 is 0 Å². The number of hydrogen-bond acceptors (Lipinski definition) is 3. The molecule has 0 saturated heterocycles. The van der Waals surface area contributed by atoms with Crippen LogP contribution in [0.25, 0.3) is 10.9 Å². The van der Waals surface area contributed by atoms with E-state index >= 15 is 0 Å². The van der Waals surface area contributed by atoms with Crippen molar-refractivity contribution in [3.63, 3.8) is 0 Å². The van der Waals surface area contributed by atoms with E-state index in [1.165, 1.54) is 6.33 Å². The van der Waals surface area contributed by atoms with E-state index in [1.807, 2.05) is 0 Å². The zero-order chi connectivity index (χ0) is 10.7. The summed E-state index contributed by atoms with van der Waals surface area (Å²) in [6.45, 7) is 0. The fourth-order valence-corrected chi connectivity index (χ4v) is 1.25. The van der Waals surface area contributed by atoms with Crippen LogP contribution in [-0.4, -0.2) is 9.97 Å². The predicted octanol–water partition coefficient (Wildman–Crippen LogP) is 0.798. The number of hydrogen-bond donors (Lipinski definition) is 1. The van der Waals surface area contributed by atoms with Gasteiger partial charge in [-0.25, -0.2) is 4.98 Å². The van der Waals surface area contributed by atoms with Crippen molar-refractivity contribution in [1.29, 1.82) is 5.26 Å². The quantitative estimate of drug-likeness (QED) is 0.632. The van der Waals surface area contributed by atoms with Gasteiger partial charge in [-0.3, -0.25) is 4.79 Å². The average Bonchev–Trinajstić information content (AvgIpc) is 2.26. The Hall–Kier alpha value is -2.59. The number of nitrogens with zero attached hydrogens (tertiary/aromatic N) is 2. The summed E-state index contributed by atoms with van der Waals surface area (Å²) < 4.78 is 0. The first-order valence-corrected chi connectivity index (χ1v) is 4.19. The second-order valence-corrected chi connectivity index (χ2v) is 2.83. The number of fused-ring (bicyclic) bond motifs is 1. The van der Waals surface area contributed by atoms with Gasteiger partial charge in [0.25, 0.3) is 5.56 Å². The van der Waals surface area contributed by atoms with Gasteiger partial charge in [0, 0.05) is 11.5 Å². The van der Waals surface area contributed by atoms with E-state index in [1.54, 1.807) is 24.3 Å². The summed E-state index contributed by atoms with van der Waals surface area (Å²) in [5.41, 5.74) is 1.06. The minimum atomic E-state index is -0.181. The van der Waals surface area contributed by atoms with E-state index in [9.17, 15) is 4.79 Å². The van der Waals surface area contributed by atoms with Crippen LogP contribution < -0.4 is 5.56 Å². The third-order valence-corrected chi connectivity index (χ3v) is 1.90. The number of H-pyrrole nitrogens is 1. The SMILES string of the molecule is N#CC#Cc1ccc2c(=O)[nH]cnc2c1. The molecule has 1 aromatic heterocycles. The smallest absolute Gasteiger partial charge is 0.258 e. The summed E-state index contributed by atoms with van der Waals surface area (Å²) in [4.78, 5) is 17.8. The van der Waals surface area contributed by atoms with Crippen LogP contribution in [0.4, 0.5) is 0 Å². The van der Waals surface area contributed by atoms with Gasteiger partial charge in [0.05, 0.1) is 17.2 Å². The van der Waals surface area contributed by atoms with Gasteiger partial charge < -0.3 is 4.98 Å². The Bertz CT molecular complexity index is 668. The molecule has 0 atom stereocenters. The fourth-order valence-electron chi connectivity index (χ4n) is 1.25. The van der Waals surface area contributed by atoms with Crippen molar-refractivity contribution >= 4 is 10.9 Å². The summed E-state index contributed by atoms with van der Waals surface area (Å²) in [6.07, 6.45) is 1.34. The molecule has 70 valence electrons. The molecule has 15 heavy (non-hydrogen) atoms. The fraction of sp³-hybridized carbons (Fsp3) is 0. The predicted molar refractivity (Wildman–Crippen MR) is 54.9 cm³/mol. The average molecular weight is 195 g/mol. The zero-order valence-electron chi connectivity index (χ0n) is 7.61. The van der Waals surface area contributed by atoms with Crippen molar-refractivity contribution < 1.29 is 0 Å². The van der Waals surface area contributed by atoms with Gasteiger partial charge in [0.2, 0.25) is 0 Å². The molecule has 0 fully saturated rings. The molecule has 2 aromatic rings. The minimum absolute atomic E-state index is 0.181. The molecule has 1 N–H and O–H groups in total. The van der Waals surface area contributed by atoms with Crippen molar-refractivity contribution in [3.05, 3.63) is 40.4 Å². The van der Waals surface area contributed by atoms with E-state index in [0.29, 0.717) is 16.5 Å². The van der Waals surface area contributed by atoms with Crippen molar-refractivity contribution in [2.45, 2.75) is 0 Å². The van der Waals surface area contributed by atoms with E-state index in [0.717, 1.165) is 0 Å². The largest absolute Gasteiger partial charge is 0.313 e. The molecule has 4 heteroatoms. The number of rotatable bonds is 0. The molecule has 0 aliphatic carbocycles. The van der Waals surface area contributed by atoms with Gasteiger partial charge in [-0.2, -0.15) is 5.26 Å². The van der Waals surface area contributed by atoms with Crippen LogP contribution in [0.5, 0.6) is 0 Å². The molecule has 0 aliphatic rings. The van der Waals surface area contributed by atoms with Crippen LogP contribution in [-0.2, 0) is 0 Å². The minimum Gasteiger partial charge on any atom is -0.313 e. The summed E-state index contributed by atoms with van der Waals surface area (Å²) in [5.74, 6) is 4.93. The van der Waals surface area contributed by atoms with Crippen LogP contribution >= 0.6 is 0 Å². The highest BCUT2D eigenvalue weighted by molar-refractivity contribution is 5.78. The maximum Gasteiger partial charge on any atom is 0.258 e. The Morgan fingerprint density at radius 2 is 2.27 bits per heavy atom. The molecule has 0 spiro atoms. The number of benzene rings is 1. The second-order valence-electron chi connectivity index (χ2n) is 2.83. The highest BCUT2D eigenvalue weighted by atomic mass is 16.1. The van der Waals surface area contributed by atoms with E-state index in [2.05, 4.69) is 21.8 Å². The van der Waals surface area contributed by atoms with E-state index in [-0.39, 0.29) is 5.56 Å². The molecule has 4 nitrogen and oxygen atoms in total. The highest BCUT2D eigenvalue weighted by Crippen LogP contribution is 2.07. The Morgan fingerprint density at radius 3 is 3.07 bits per heavy atom. The molecule has 1 aromatic carbocycles. The summed E-state index contributed by atoms with van der Waals surface area (Å²) in [5, 5.41) is 8.80. The second kappa shape index (κ2) is 3.65. The van der Waals surface area contributed by atoms with Gasteiger partial charge in [-0.15, -0.1) is 0 Å². The Morgan fingerprint density at radius 1 is 1.40 bits per heavy atom. The standard InChI is InChI=1S/C11H5N3O/c12-5-1-2-8-3-4-9-10(6-8)13-7-14-11(9)15/h3-4,6-7H,(H,13,14,15). The van der Waals surface area contributed by atoms with Crippen LogP contribution in [0, 0.1) is 23.2 Å². The lowest BCUT2D eigenvalue weighted by Crippen LogP contribution is -2.05. The van der Waals surface area contributed by atoms with Crippen LogP contribution in [0.1, 0.15) is 5.56 Å². The lowest BCUT2D eigenvalue weighted by atomic mass is 10.1. The van der Waals surface area contributed by atoms with Crippen molar-refractivity contribution in [3.8, 4) is 17.9 Å². The van der Waals surface area contributed by atoms with E-state index < -0.39 is 0 Å². The first kappa shape index (κ1) is 8.98. The van der Waals surface area contributed by atoms with Gasteiger partial charge in [0.1, 0.15) is 0 Å². The summed E-state index contributed by atoms with van der Waals surface area (Å²) >= 11 is 0.